The smallest absolute Gasteiger partial charge is 0.130 e. The zero-order valence-corrected chi connectivity index (χ0v) is 15.0. The van der Waals surface area contributed by atoms with Crippen molar-refractivity contribution in [1.29, 1.82) is 5.26 Å². The predicted octanol–water partition coefficient (Wildman–Crippen LogP) is 4.09. The highest BCUT2D eigenvalue weighted by molar-refractivity contribution is 6.31. The molecule has 130 valence electrons. The number of nitrogens with two attached hydrogens (primary N) is 1. The maximum atomic E-state index is 8.86. The Morgan fingerprint density at radius 3 is 2.62 bits per heavy atom. The summed E-state index contributed by atoms with van der Waals surface area (Å²) in [6.07, 6.45) is 1.51. The number of halogens is 1. The fourth-order valence-corrected chi connectivity index (χ4v) is 2.68. The van der Waals surface area contributed by atoms with Gasteiger partial charge in [0.05, 0.1) is 17.3 Å². The van der Waals surface area contributed by atoms with Crippen molar-refractivity contribution in [3.8, 4) is 17.3 Å². The first-order chi connectivity index (χ1) is 12.6. The Kier molecular flexibility index (Phi) is 5.47. The van der Waals surface area contributed by atoms with Crippen LogP contribution in [0.25, 0.3) is 11.3 Å². The van der Waals surface area contributed by atoms with Crippen LogP contribution in [-0.4, -0.2) is 16.5 Å². The third-order valence-corrected chi connectivity index (χ3v) is 4.51. The van der Waals surface area contributed by atoms with Crippen molar-refractivity contribution in [2.24, 2.45) is 5.73 Å². The van der Waals surface area contributed by atoms with Gasteiger partial charge in [0, 0.05) is 29.2 Å². The first-order valence-electron chi connectivity index (χ1n) is 8.15. The summed E-state index contributed by atoms with van der Waals surface area (Å²) in [6, 6.07) is 16.9. The van der Waals surface area contributed by atoms with Crippen molar-refractivity contribution in [3.05, 3.63) is 76.6 Å². The van der Waals surface area contributed by atoms with Gasteiger partial charge in [-0.1, -0.05) is 35.9 Å². The van der Waals surface area contributed by atoms with Crippen molar-refractivity contribution in [3.63, 3.8) is 0 Å². The average molecular weight is 364 g/mol. The third-order valence-electron chi connectivity index (χ3n) is 4.11. The molecule has 26 heavy (non-hydrogen) atoms. The molecule has 0 fully saturated rings. The molecule has 0 saturated carbocycles. The van der Waals surface area contributed by atoms with Gasteiger partial charge in [-0.25, -0.2) is 9.97 Å². The van der Waals surface area contributed by atoms with Crippen LogP contribution in [-0.2, 0) is 0 Å². The van der Waals surface area contributed by atoms with E-state index in [1.807, 2.05) is 43.3 Å². The number of nitrogens with one attached hydrogen (secondary N) is 1. The van der Waals surface area contributed by atoms with Crippen molar-refractivity contribution >= 4 is 17.4 Å². The first kappa shape index (κ1) is 17.9. The van der Waals surface area contributed by atoms with E-state index in [-0.39, 0.29) is 6.04 Å². The molecule has 5 nitrogen and oxygen atoms in total. The second kappa shape index (κ2) is 7.96. The lowest BCUT2D eigenvalue weighted by Crippen LogP contribution is -2.21. The van der Waals surface area contributed by atoms with Crippen LogP contribution < -0.4 is 11.1 Å². The van der Waals surface area contributed by atoms with Gasteiger partial charge < -0.3 is 11.1 Å². The molecule has 3 N–H and O–H groups in total. The second-order valence-electron chi connectivity index (χ2n) is 5.97. The largest absolute Gasteiger partial charge is 0.368 e. The summed E-state index contributed by atoms with van der Waals surface area (Å²) in [6.45, 7) is 2.47. The Balaban J connectivity index is 1.70. The van der Waals surface area contributed by atoms with Crippen molar-refractivity contribution in [2.45, 2.75) is 13.0 Å². The zero-order chi connectivity index (χ0) is 18.5. The number of hydrogen-bond acceptors (Lipinski definition) is 5. The van der Waals surface area contributed by atoms with Crippen LogP contribution in [0.2, 0.25) is 5.02 Å². The molecule has 3 rings (SSSR count). The molecule has 0 bridgehead atoms. The third kappa shape index (κ3) is 4.17. The van der Waals surface area contributed by atoms with Gasteiger partial charge >= 0.3 is 0 Å². The Hall–Kier alpha value is -2.94. The summed E-state index contributed by atoms with van der Waals surface area (Å²) in [5.74, 6) is 0.691. The van der Waals surface area contributed by atoms with Gasteiger partial charge in [-0.3, -0.25) is 0 Å². The van der Waals surface area contributed by atoms with Gasteiger partial charge in [-0.15, -0.1) is 0 Å². The molecule has 0 aliphatic carbocycles. The first-order valence-corrected chi connectivity index (χ1v) is 8.52. The quantitative estimate of drug-likeness (QED) is 0.712. The minimum atomic E-state index is -0.213. The van der Waals surface area contributed by atoms with Gasteiger partial charge in [0.25, 0.3) is 0 Å². The molecule has 6 heteroatoms. The maximum Gasteiger partial charge on any atom is 0.130 e. The van der Waals surface area contributed by atoms with Gasteiger partial charge in [0.15, 0.2) is 0 Å². The van der Waals surface area contributed by atoms with Crippen LogP contribution >= 0.6 is 11.6 Å². The van der Waals surface area contributed by atoms with Crippen molar-refractivity contribution in [1.82, 2.24) is 9.97 Å². The number of nitriles is 1. The van der Waals surface area contributed by atoms with Crippen LogP contribution in [0.3, 0.4) is 0 Å². The SMILES string of the molecule is Cc1ccc(-c2cc(NC[C@H](N)c3ccc(C#N)cc3)ncn2)cc1Cl. The molecule has 0 radical (unpaired) electrons. The van der Waals surface area contributed by atoms with Crippen LogP contribution in [0.5, 0.6) is 0 Å². The monoisotopic (exact) mass is 363 g/mol. The van der Waals surface area contributed by atoms with E-state index in [1.54, 1.807) is 12.1 Å². The molecular formula is C20H18ClN5. The van der Waals surface area contributed by atoms with Gasteiger partial charge in [-0.2, -0.15) is 5.26 Å². The summed E-state index contributed by atoms with van der Waals surface area (Å²) < 4.78 is 0. The Labute approximate surface area is 157 Å². The molecule has 1 aromatic heterocycles. The van der Waals surface area contributed by atoms with Gasteiger partial charge in [-0.05, 0) is 36.2 Å². The number of anilines is 1. The molecule has 3 aromatic rings. The predicted molar refractivity (Wildman–Crippen MR) is 104 cm³/mol. The topological polar surface area (TPSA) is 87.6 Å². The van der Waals surface area contributed by atoms with E-state index in [1.165, 1.54) is 6.33 Å². The number of aryl methyl sites for hydroxylation is 1. The summed E-state index contributed by atoms with van der Waals surface area (Å²) in [4.78, 5) is 8.56. The Bertz CT molecular complexity index is 947. The lowest BCUT2D eigenvalue weighted by Gasteiger charge is -2.14. The highest BCUT2D eigenvalue weighted by Crippen LogP contribution is 2.25. The Morgan fingerprint density at radius 1 is 1.15 bits per heavy atom. The fourth-order valence-electron chi connectivity index (χ4n) is 2.50. The lowest BCUT2D eigenvalue weighted by molar-refractivity contribution is 0.761. The van der Waals surface area contributed by atoms with E-state index < -0.39 is 0 Å². The summed E-state index contributed by atoms with van der Waals surface area (Å²) >= 11 is 6.20. The van der Waals surface area contributed by atoms with E-state index in [0.29, 0.717) is 22.9 Å². The molecular weight excluding hydrogens is 346 g/mol. The van der Waals surface area contributed by atoms with E-state index in [4.69, 9.17) is 22.6 Å². The standard InChI is InChI=1S/C20H18ClN5/c1-13-2-5-16(8-17(13)21)19-9-20(26-12-25-19)24-11-18(23)15-6-3-14(10-22)4-7-15/h2-9,12,18H,11,23H2,1H3,(H,24,25,26)/t18-/m0/s1. The second-order valence-corrected chi connectivity index (χ2v) is 6.38. The van der Waals surface area contributed by atoms with E-state index in [0.717, 1.165) is 22.4 Å². The maximum absolute atomic E-state index is 8.86. The molecule has 1 heterocycles. The minimum absolute atomic E-state index is 0.213. The molecule has 2 aromatic carbocycles. The van der Waals surface area contributed by atoms with Crippen LogP contribution in [0.1, 0.15) is 22.7 Å². The normalized spacial score (nSPS) is 11.6. The van der Waals surface area contributed by atoms with Crippen LogP contribution in [0.4, 0.5) is 5.82 Å². The molecule has 0 aliphatic rings. The van der Waals surface area contributed by atoms with E-state index in [9.17, 15) is 0 Å². The van der Waals surface area contributed by atoms with E-state index in [2.05, 4.69) is 21.4 Å². The number of nitrogens with zero attached hydrogens (tertiary/aromatic N) is 3. The average Bonchev–Trinajstić information content (AvgIpc) is 2.68. The number of aromatic nitrogens is 2. The highest BCUT2D eigenvalue weighted by atomic mass is 35.5. The minimum Gasteiger partial charge on any atom is -0.368 e. The fraction of sp³-hybridized carbons (Fsp3) is 0.150. The van der Waals surface area contributed by atoms with Crippen LogP contribution in [0, 0.1) is 18.3 Å². The van der Waals surface area contributed by atoms with Gasteiger partial charge in [0.1, 0.15) is 12.1 Å². The molecule has 0 spiro atoms. The molecule has 0 aliphatic heterocycles. The lowest BCUT2D eigenvalue weighted by atomic mass is 10.1. The molecule has 0 unspecified atom stereocenters. The summed E-state index contributed by atoms with van der Waals surface area (Å²) in [5.41, 5.74) is 10.5. The summed E-state index contributed by atoms with van der Waals surface area (Å²) in [7, 11) is 0. The zero-order valence-electron chi connectivity index (χ0n) is 14.3. The molecule has 0 amide bonds. The highest BCUT2D eigenvalue weighted by Gasteiger charge is 2.08. The Morgan fingerprint density at radius 2 is 1.92 bits per heavy atom. The van der Waals surface area contributed by atoms with Crippen molar-refractivity contribution < 1.29 is 0 Å². The summed E-state index contributed by atoms with van der Waals surface area (Å²) in [5, 5.41) is 12.8. The number of rotatable bonds is 5. The van der Waals surface area contributed by atoms with Crippen LogP contribution in [0.15, 0.2) is 54.9 Å². The molecule has 1 atom stereocenters. The van der Waals surface area contributed by atoms with Gasteiger partial charge in [0.2, 0.25) is 0 Å². The van der Waals surface area contributed by atoms with E-state index >= 15 is 0 Å². The molecule has 0 saturated heterocycles. The van der Waals surface area contributed by atoms with Crippen molar-refractivity contribution in [2.75, 3.05) is 11.9 Å². The number of benzene rings is 2. The number of hydrogen-bond donors (Lipinski definition) is 2.